The fourth-order valence-electron chi connectivity index (χ4n) is 1.85. The molecule has 1 saturated heterocycles. The van der Waals surface area contributed by atoms with Crippen LogP contribution >= 0.6 is 11.8 Å². The Kier molecular flexibility index (Phi) is 3.90. The second kappa shape index (κ2) is 5.61. The number of benzene rings is 1. The normalized spacial score (nSPS) is 18.4. The van der Waals surface area contributed by atoms with Crippen LogP contribution in [0.15, 0.2) is 18.2 Å². The van der Waals surface area contributed by atoms with Gasteiger partial charge < -0.3 is 5.32 Å². The Hall–Kier alpha value is -1.65. The van der Waals surface area contributed by atoms with Crippen molar-refractivity contribution < 1.29 is 0 Å². The van der Waals surface area contributed by atoms with E-state index in [0.717, 1.165) is 18.2 Å². The number of thioether (sulfide) groups is 1. The number of nitriles is 2. The maximum absolute atomic E-state index is 8.92. The van der Waals surface area contributed by atoms with Crippen molar-refractivity contribution in [3.05, 3.63) is 29.3 Å². The standard InChI is InChI=1S/C13H13N3S/c14-6-11-1-2-13(5-12(11)7-15)16-8-10-3-4-17-9-10/h1-2,5,10,16H,3-4,8-9H2. The van der Waals surface area contributed by atoms with Gasteiger partial charge in [-0.05, 0) is 42.0 Å². The van der Waals surface area contributed by atoms with Crippen LogP contribution in [0.5, 0.6) is 0 Å². The van der Waals surface area contributed by atoms with Crippen LogP contribution in [0.2, 0.25) is 0 Å². The van der Waals surface area contributed by atoms with Crippen LogP contribution in [0.4, 0.5) is 5.69 Å². The van der Waals surface area contributed by atoms with Gasteiger partial charge in [-0.25, -0.2) is 0 Å². The molecule has 1 N–H and O–H groups in total. The van der Waals surface area contributed by atoms with Crippen molar-refractivity contribution >= 4 is 17.4 Å². The van der Waals surface area contributed by atoms with Crippen molar-refractivity contribution in [2.24, 2.45) is 5.92 Å². The molecule has 1 aliphatic heterocycles. The van der Waals surface area contributed by atoms with Crippen molar-refractivity contribution in [1.82, 2.24) is 0 Å². The maximum Gasteiger partial charge on any atom is 0.101 e. The molecule has 0 bridgehead atoms. The van der Waals surface area contributed by atoms with Gasteiger partial charge in [0, 0.05) is 12.2 Å². The fourth-order valence-corrected chi connectivity index (χ4v) is 3.14. The molecule has 1 unspecified atom stereocenters. The summed E-state index contributed by atoms with van der Waals surface area (Å²) in [6.07, 6.45) is 1.26. The topological polar surface area (TPSA) is 59.6 Å². The zero-order valence-corrected chi connectivity index (χ0v) is 10.3. The highest BCUT2D eigenvalue weighted by atomic mass is 32.2. The molecule has 1 fully saturated rings. The molecule has 1 aromatic carbocycles. The number of hydrogen-bond acceptors (Lipinski definition) is 4. The summed E-state index contributed by atoms with van der Waals surface area (Å²) in [4.78, 5) is 0. The average molecular weight is 243 g/mol. The third kappa shape index (κ3) is 2.93. The molecule has 0 aliphatic carbocycles. The smallest absolute Gasteiger partial charge is 0.101 e. The third-order valence-electron chi connectivity index (χ3n) is 2.88. The second-order valence-corrected chi connectivity index (χ2v) is 5.24. The van der Waals surface area contributed by atoms with E-state index in [9.17, 15) is 0 Å². The van der Waals surface area contributed by atoms with Crippen LogP contribution in [0, 0.1) is 28.6 Å². The average Bonchev–Trinajstić information content (AvgIpc) is 2.89. The van der Waals surface area contributed by atoms with Gasteiger partial charge in [0.2, 0.25) is 0 Å². The summed E-state index contributed by atoms with van der Waals surface area (Å²) in [7, 11) is 0. The van der Waals surface area contributed by atoms with E-state index in [0.29, 0.717) is 11.1 Å². The molecule has 0 radical (unpaired) electrons. The lowest BCUT2D eigenvalue weighted by atomic mass is 10.1. The minimum Gasteiger partial charge on any atom is -0.385 e. The Balaban J connectivity index is 2.02. The lowest BCUT2D eigenvalue weighted by Gasteiger charge is -2.11. The Bertz CT molecular complexity index is 478. The highest BCUT2D eigenvalue weighted by Crippen LogP contribution is 2.24. The van der Waals surface area contributed by atoms with Crippen LogP contribution < -0.4 is 5.32 Å². The molecule has 1 atom stereocenters. The van der Waals surface area contributed by atoms with Gasteiger partial charge in [-0.2, -0.15) is 22.3 Å². The minimum absolute atomic E-state index is 0.439. The van der Waals surface area contributed by atoms with Crippen molar-refractivity contribution in [2.45, 2.75) is 6.42 Å². The van der Waals surface area contributed by atoms with E-state index >= 15 is 0 Å². The highest BCUT2D eigenvalue weighted by molar-refractivity contribution is 7.99. The van der Waals surface area contributed by atoms with Gasteiger partial charge in [-0.1, -0.05) is 0 Å². The van der Waals surface area contributed by atoms with E-state index in [1.165, 1.54) is 17.9 Å². The van der Waals surface area contributed by atoms with Crippen molar-refractivity contribution in [3.63, 3.8) is 0 Å². The first kappa shape index (κ1) is 11.8. The van der Waals surface area contributed by atoms with Crippen LogP contribution in [-0.2, 0) is 0 Å². The van der Waals surface area contributed by atoms with E-state index in [4.69, 9.17) is 10.5 Å². The Morgan fingerprint density at radius 1 is 1.29 bits per heavy atom. The van der Waals surface area contributed by atoms with Crippen molar-refractivity contribution in [1.29, 1.82) is 10.5 Å². The van der Waals surface area contributed by atoms with Gasteiger partial charge in [0.15, 0.2) is 0 Å². The molecule has 2 rings (SSSR count). The maximum atomic E-state index is 8.92. The molecule has 17 heavy (non-hydrogen) atoms. The largest absolute Gasteiger partial charge is 0.385 e. The second-order valence-electron chi connectivity index (χ2n) is 4.09. The van der Waals surface area contributed by atoms with Crippen LogP contribution in [0.1, 0.15) is 17.5 Å². The van der Waals surface area contributed by atoms with E-state index in [1.807, 2.05) is 30.0 Å². The lowest BCUT2D eigenvalue weighted by molar-refractivity contribution is 0.632. The summed E-state index contributed by atoms with van der Waals surface area (Å²) in [5.41, 5.74) is 1.81. The molecule has 0 aromatic heterocycles. The Labute approximate surface area is 105 Å². The summed E-state index contributed by atoms with van der Waals surface area (Å²) in [6, 6.07) is 9.38. The molecule has 1 aliphatic rings. The van der Waals surface area contributed by atoms with Crippen LogP contribution in [0.25, 0.3) is 0 Å². The first-order chi connectivity index (χ1) is 8.33. The Morgan fingerprint density at radius 3 is 2.76 bits per heavy atom. The summed E-state index contributed by atoms with van der Waals surface area (Å²) >= 11 is 2.00. The van der Waals surface area contributed by atoms with E-state index < -0.39 is 0 Å². The molecular formula is C13H13N3S. The SMILES string of the molecule is N#Cc1ccc(NCC2CCSC2)cc1C#N. The predicted octanol–water partition coefficient (Wildman–Crippen LogP) is 2.59. The van der Waals surface area contributed by atoms with Gasteiger partial charge in [-0.15, -0.1) is 0 Å². The predicted molar refractivity (Wildman–Crippen MR) is 69.8 cm³/mol. The van der Waals surface area contributed by atoms with Gasteiger partial charge in [0.25, 0.3) is 0 Å². The van der Waals surface area contributed by atoms with Crippen LogP contribution in [0.3, 0.4) is 0 Å². The van der Waals surface area contributed by atoms with Crippen molar-refractivity contribution in [3.8, 4) is 12.1 Å². The minimum atomic E-state index is 0.439. The van der Waals surface area contributed by atoms with Gasteiger partial charge >= 0.3 is 0 Å². The summed E-state index contributed by atoms with van der Waals surface area (Å²) in [6.45, 7) is 0.948. The number of hydrogen-bond donors (Lipinski definition) is 1. The Morgan fingerprint density at radius 2 is 2.12 bits per heavy atom. The number of nitrogens with zero attached hydrogens (tertiary/aromatic N) is 2. The first-order valence-electron chi connectivity index (χ1n) is 5.59. The number of rotatable bonds is 3. The molecule has 0 amide bonds. The van der Waals surface area contributed by atoms with Crippen molar-refractivity contribution in [2.75, 3.05) is 23.4 Å². The quantitative estimate of drug-likeness (QED) is 0.886. The molecule has 1 heterocycles. The monoisotopic (exact) mass is 243 g/mol. The number of nitrogens with one attached hydrogen (secondary N) is 1. The van der Waals surface area contributed by atoms with E-state index in [1.54, 1.807) is 12.1 Å². The molecule has 1 aromatic rings. The summed E-state index contributed by atoms with van der Waals surface area (Å²) in [5.74, 6) is 3.19. The van der Waals surface area contributed by atoms with Gasteiger partial charge in [-0.3, -0.25) is 0 Å². The molecular weight excluding hydrogens is 230 g/mol. The first-order valence-corrected chi connectivity index (χ1v) is 6.75. The zero-order valence-electron chi connectivity index (χ0n) is 9.44. The molecule has 86 valence electrons. The van der Waals surface area contributed by atoms with E-state index in [-0.39, 0.29) is 0 Å². The van der Waals surface area contributed by atoms with Crippen LogP contribution in [-0.4, -0.2) is 18.1 Å². The molecule has 4 heteroatoms. The highest BCUT2D eigenvalue weighted by Gasteiger charge is 2.15. The molecule has 0 spiro atoms. The lowest BCUT2D eigenvalue weighted by Crippen LogP contribution is -2.13. The molecule has 3 nitrogen and oxygen atoms in total. The van der Waals surface area contributed by atoms with Gasteiger partial charge in [0.1, 0.15) is 12.1 Å². The van der Waals surface area contributed by atoms with E-state index in [2.05, 4.69) is 5.32 Å². The molecule has 0 saturated carbocycles. The summed E-state index contributed by atoms with van der Waals surface area (Å²) < 4.78 is 0. The summed E-state index contributed by atoms with van der Waals surface area (Å²) in [5, 5.41) is 21.1. The number of anilines is 1. The zero-order chi connectivity index (χ0) is 12.1. The fraction of sp³-hybridized carbons (Fsp3) is 0.385. The third-order valence-corrected chi connectivity index (χ3v) is 4.11. The van der Waals surface area contributed by atoms with Gasteiger partial charge in [0.05, 0.1) is 11.1 Å².